The molecule has 0 unspecified atom stereocenters. The van der Waals surface area contributed by atoms with Crippen molar-refractivity contribution in [3.8, 4) is 5.75 Å². The number of fused-ring (bicyclic) bond motifs is 1. The van der Waals surface area contributed by atoms with Crippen LogP contribution >= 0.6 is 11.3 Å². The summed E-state index contributed by atoms with van der Waals surface area (Å²) in [5.74, 6) is 0.283. The molecule has 1 fully saturated rings. The molecule has 0 radical (unpaired) electrons. The third-order valence-electron chi connectivity index (χ3n) is 5.23. The minimum Gasteiger partial charge on any atom is -0.497 e. The number of carbonyl (C=O) groups excluding carboxylic acids is 2. The van der Waals surface area contributed by atoms with Crippen LogP contribution in [0, 0.1) is 0 Å². The highest BCUT2D eigenvalue weighted by Crippen LogP contribution is 2.38. The second-order valence-electron chi connectivity index (χ2n) is 7.16. The van der Waals surface area contributed by atoms with Gasteiger partial charge in [0.25, 0.3) is 11.8 Å². The Morgan fingerprint density at radius 2 is 2.10 bits per heavy atom. The van der Waals surface area contributed by atoms with Gasteiger partial charge in [-0.25, -0.2) is 0 Å². The number of aliphatic hydroxyl groups excluding tert-OH is 1. The van der Waals surface area contributed by atoms with Crippen molar-refractivity contribution in [2.24, 2.45) is 0 Å². The number of carbonyl (C=O) groups is 2. The first-order valence-corrected chi connectivity index (χ1v) is 10.9. The molecule has 3 aromatic rings. The van der Waals surface area contributed by atoms with Crippen LogP contribution in [0.5, 0.6) is 5.75 Å². The van der Waals surface area contributed by atoms with E-state index in [4.69, 9.17) is 14.6 Å². The van der Waals surface area contributed by atoms with E-state index in [1.807, 2.05) is 24.3 Å². The highest BCUT2D eigenvalue weighted by atomic mass is 32.1. The maximum atomic E-state index is 13.1. The van der Waals surface area contributed by atoms with Gasteiger partial charge in [-0.2, -0.15) is 0 Å². The molecule has 0 aliphatic carbocycles. The number of thiophene rings is 1. The molecule has 1 aliphatic rings. The van der Waals surface area contributed by atoms with Crippen LogP contribution in [0.1, 0.15) is 31.7 Å². The Kier molecular flexibility index (Phi) is 6.50. The molecule has 1 atom stereocenters. The molecule has 1 aliphatic heterocycles. The summed E-state index contributed by atoms with van der Waals surface area (Å²) in [6.45, 7) is 1.24. The van der Waals surface area contributed by atoms with Crippen molar-refractivity contribution in [1.82, 2.24) is 10.2 Å². The number of nitrogens with zero attached hydrogens (tertiary/aromatic N) is 1. The van der Waals surface area contributed by atoms with Crippen LogP contribution in [0.3, 0.4) is 0 Å². The van der Waals surface area contributed by atoms with E-state index < -0.39 is 6.10 Å². The lowest BCUT2D eigenvalue weighted by Crippen LogP contribution is -2.42. The van der Waals surface area contributed by atoms with Gasteiger partial charge in [-0.05, 0) is 29.7 Å². The van der Waals surface area contributed by atoms with Crippen molar-refractivity contribution >= 4 is 33.2 Å². The summed E-state index contributed by atoms with van der Waals surface area (Å²) >= 11 is 1.39. The van der Waals surface area contributed by atoms with Gasteiger partial charge in [0.2, 0.25) is 0 Å². The second-order valence-corrected chi connectivity index (χ2v) is 8.22. The van der Waals surface area contributed by atoms with E-state index in [9.17, 15) is 9.59 Å². The Hall–Kier alpha value is -2.94. The van der Waals surface area contributed by atoms with Crippen molar-refractivity contribution in [3.63, 3.8) is 0 Å². The Morgan fingerprint density at radius 3 is 2.90 bits per heavy atom. The lowest BCUT2D eigenvalue weighted by atomic mass is 10.0. The van der Waals surface area contributed by atoms with Gasteiger partial charge in [0, 0.05) is 28.9 Å². The van der Waals surface area contributed by atoms with Crippen LogP contribution in [-0.2, 0) is 4.74 Å². The van der Waals surface area contributed by atoms with Crippen molar-refractivity contribution in [2.45, 2.75) is 6.10 Å². The molecule has 1 aromatic heterocycles. The highest BCUT2D eigenvalue weighted by Gasteiger charge is 2.31. The van der Waals surface area contributed by atoms with Crippen molar-refractivity contribution in [2.75, 3.05) is 40.0 Å². The lowest BCUT2D eigenvalue weighted by Gasteiger charge is -2.33. The number of nitrogens with one attached hydrogen (secondary N) is 1. The molecule has 31 heavy (non-hydrogen) atoms. The summed E-state index contributed by atoms with van der Waals surface area (Å²) in [7, 11) is 1.57. The van der Waals surface area contributed by atoms with Gasteiger partial charge in [0.05, 0.1) is 31.7 Å². The van der Waals surface area contributed by atoms with E-state index in [2.05, 4.69) is 5.32 Å². The van der Waals surface area contributed by atoms with Gasteiger partial charge in [0.15, 0.2) is 0 Å². The van der Waals surface area contributed by atoms with Gasteiger partial charge in [-0.15, -0.1) is 11.3 Å². The summed E-state index contributed by atoms with van der Waals surface area (Å²) in [6, 6.07) is 14.9. The Labute approximate surface area is 184 Å². The first-order valence-electron chi connectivity index (χ1n) is 10.1. The molecule has 2 amide bonds. The number of hydrogen-bond acceptors (Lipinski definition) is 6. The quantitative estimate of drug-likeness (QED) is 0.615. The van der Waals surface area contributed by atoms with Gasteiger partial charge >= 0.3 is 0 Å². The molecule has 162 valence electrons. The maximum Gasteiger partial charge on any atom is 0.261 e. The average Bonchev–Trinajstić information content (AvgIpc) is 3.22. The van der Waals surface area contributed by atoms with Gasteiger partial charge < -0.3 is 24.8 Å². The van der Waals surface area contributed by atoms with Gasteiger partial charge in [-0.3, -0.25) is 9.59 Å². The molecule has 2 heterocycles. The zero-order valence-electron chi connectivity index (χ0n) is 17.2. The first kappa shape index (κ1) is 21.3. The molecule has 0 saturated carbocycles. The number of ether oxygens (including phenoxy) is 2. The molecular weight excluding hydrogens is 416 g/mol. The third-order valence-corrected chi connectivity index (χ3v) is 6.42. The maximum absolute atomic E-state index is 13.1. The fourth-order valence-electron chi connectivity index (χ4n) is 3.75. The average molecular weight is 441 g/mol. The lowest BCUT2D eigenvalue weighted by molar-refractivity contribution is -0.0222. The van der Waals surface area contributed by atoms with E-state index in [-0.39, 0.29) is 25.0 Å². The largest absolute Gasteiger partial charge is 0.497 e. The molecule has 2 aromatic carbocycles. The minimum absolute atomic E-state index is 0.0991. The SMILES string of the molecule is COc1cccc(C(=O)N2CCO[C@H](c3c(C(=O)NCCO)sc4ccccc34)C2)c1. The number of methoxy groups -OCH3 is 1. The standard InChI is InChI=1S/C23H24N2O5S/c1-29-16-6-4-5-15(13-16)23(28)25-10-12-30-18(14-25)20-17-7-2-3-8-19(17)31-21(20)22(27)24-9-11-26/h2-8,13,18,26H,9-12,14H2,1H3,(H,24,27)/t18-/m0/s1. The predicted molar refractivity (Wildman–Crippen MR) is 119 cm³/mol. The fraction of sp³-hybridized carbons (Fsp3) is 0.304. The number of amides is 2. The van der Waals surface area contributed by atoms with Crippen LogP contribution in [-0.4, -0.2) is 61.8 Å². The second kappa shape index (κ2) is 9.47. The van der Waals surface area contributed by atoms with E-state index >= 15 is 0 Å². The number of morpholine rings is 1. The Morgan fingerprint density at radius 1 is 1.26 bits per heavy atom. The first-order chi connectivity index (χ1) is 15.1. The summed E-state index contributed by atoms with van der Waals surface area (Å²) < 4.78 is 12.3. The minimum atomic E-state index is -0.422. The van der Waals surface area contributed by atoms with E-state index in [0.29, 0.717) is 35.9 Å². The monoisotopic (exact) mass is 440 g/mol. The number of aliphatic hydroxyl groups is 1. The number of benzene rings is 2. The molecular formula is C23H24N2O5S. The molecule has 1 saturated heterocycles. The highest BCUT2D eigenvalue weighted by molar-refractivity contribution is 7.21. The summed E-state index contributed by atoms with van der Waals surface area (Å²) in [5, 5.41) is 12.8. The predicted octanol–water partition coefficient (Wildman–Crippen LogP) is 2.85. The summed E-state index contributed by atoms with van der Waals surface area (Å²) in [6.07, 6.45) is -0.422. The zero-order chi connectivity index (χ0) is 21.8. The van der Waals surface area contributed by atoms with E-state index in [0.717, 1.165) is 15.6 Å². The van der Waals surface area contributed by atoms with Crippen molar-refractivity contribution in [1.29, 1.82) is 0 Å². The zero-order valence-corrected chi connectivity index (χ0v) is 18.0. The van der Waals surface area contributed by atoms with Gasteiger partial charge in [0.1, 0.15) is 11.9 Å². The summed E-state index contributed by atoms with van der Waals surface area (Å²) in [5.41, 5.74) is 1.34. The summed E-state index contributed by atoms with van der Waals surface area (Å²) in [4.78, 5) is 28.2. The van der Waals surface area contributed by atoms with Gasteiger partial charge in [-0.1, -0.05) is 24.3 Å². The van der Waals surface area contributed by atoms with Crippen LogP contribution in [0.4, 0.5) is 0 Å². The van der Waals surface area contributed by atoms with Crippen molar-refractivity contribution < 1.29 is 24.2 Å². The molecule has 8 heteroatoms. The van der Waals surface area contributed by atoms with Crippen LogP contribution in [0.2, 0.25) is 0 Å². The number of hydrogen-bond donors (Lipinski definition) is 2. The molecule has 0 bridgehead atoms. The smallest absolute Gasteiger partial charge is 0.261 e. The topological polar surface area (TPSA) is 88.1 Å². The van der Waals surface area contributed by atoms with Crippen LogP contribution in [0.25, 0.3) is 10.1 Å². The van der Waals surface area contributed by atoms with E-state index in [1.54, 1.807) is 36.3 Å². The molecule has 7 nitrogen and oxygen atoms in total. The molecule has 4 rings (SSSR count). The van der Waals surface area contributed by atoms with Crippen molar-refractivity contribution in [3.05, 3.63) is 64.5 Å². The fourth-order valence-corrected chi connectivity index (χ4v) is 4.92. The molecule has 2 N–H and O–H groups in total. The Balaban J connectivity index is 1.64. The number of rotatable bonds is 6. The Bertz CT molecular complexity index is 1100. The van der Waals surface area contributed by atoms with Crippen LogP contribution in [0.15, 0.2) is 48.5 Å². The molecule has 0 spiro atoms. The normalized spacial score (nSPS) is 16.3. The third kappa shape index (κ3) is 4.41. The van der Waals surface area contributed by atoms with E-state index in [1.165, 1.54) is 11.3 Å². The van der Waals surface area contributed by atoms with Crippen LogP contribution < -0.4 is 10.1 Å².